The van der Waals surface area contributed by atoms with E-state index in [-0.39, 0.29) is 5.69 Å². The Hall–Kier alpha value is -1.65. The Balaban J connectivity index is 2.08. The summed E-state index contributed by atoms with van der Waals surface area (Å²) in [5.74, 6) is 1.40. The van der Waals surface area contributed by atoms with Gasteiger partial charge in [0.25, 0.3) is 5.91 Å². The van der Waals surface area contributed by atoms with Crippen molar-refractivity contribution in [3.8, 4) is 0 Å². The molecule has 3 atom stereocenters. The van der Waals surface area contributed by atoms with E-state index >= 15 is 0 Å². The maximum absolute atomic E-state index is 11.1. The Bertz CT molecular complexity index is 435. The van der Waals surface area contributed by atoms with Crippen molar-refractivity contribution in [3.05, 3.63) is 18.1 Å². The third-order valence-corrected chi connectivity index (χ3v) is 3.93. The van der Waals surface area contributed by atoms with Crippen LogP contribution in [0.3, 0.4) is 0 Å². The summed E-state index contributed by atoms with van der Waals surface area (Å²) in [6.07, 6.45) is 6.67. The number of carbonyl (C=O) groups is 1. The van der Waals surface area contributed by atoms with E-state index < -0.39 is 5.91 Å². The van der Waals surface area contributed by atoms with Gasteiger partial charge in [-0.2, -0.15) is 0 Å². The predicted octanol–water partition coefficient (Wildman–Crippen LogP) is 1.81. The van der Waals surface area contributed by atoms with E-state index in [0.717, 1.165) is 6.42 Å². The third kappa shape index (κ3) is 2.78. The van der Waals surface area contributed by atoms with Gasteiger partial charge in [0.05, 0.1) is 12.4 Å². The topological polar surface area (TPSA) is 80.9 Å². The molecule has 3 unspecified atom stereocenters. The van der Waals surface area contributed by atoms with E-state index in [2.05, 4.69) is 29.1 Å². The first-order chi connectivity index (χ1) is 8.58. The van der Waals surface area contributed by atoms with E-state index in [4.69, 9.17) is 5.73 Å². The molecule has 18 heavy (non-hydrogen) atoms. The normalized spacial score (nSPS) is 27.8. The van der Waals surface area contributed by atoms with Crippen LogP contribution in [0.2, 0.25) is 0 Å². The number of hydrogen-bond donors (Lipinski definition) is 2. The number of amides is 1. The molecule has 0 aromatic carbocycles. The molecule has 0 saturated heterocycles. The van der Waals surface area contributed by atoms with Crippen LogP contribution in [0.1, 0.15) is 43.6 Å². The second-order valence-electron chi connectivity index (χ2n) is 5.17. The minimum Gasteiger partial charge on any atom is -0.366 e. The van der Waals surface area contributed by atoms with Crippen molar-refractivity contribution in [3.63, 3.8) is 0 Å². The van der Waals surface area contributed by atoms with Gasteiger partial charge in [0.1, 0.15) is 11.5 Å². The molecule has 0 aliphatic heterocycles. The zero-order valence-electron chi connectivity index (χ0n) is 10.9. The van der Waals surface area contributed by atoms with Crippen LogP contribution < -0.4 is 11.1 Å². The van der Waals surface area contributed by atoms with Gasteiger partial charge in [0.2, 0.25) is 0 Å². The zero-order valence-corrected chi connectivity index (χ0v) is 10.9. The monoisotopic (exact) mass is 248 g/mol. The number of anilines is 1. The molecule has 1 fully saturated rings. The molecule has 1 aromatic rings. The summed E-state index contributed by atoms with van der Waals surface area (Å²) < 4.78 is 0. The summed E-state index contributed by atoms with van der Waals surface area (Å²) in [6.45, 7) is 4.54. The molecular weight excluding hydrogens is 228 g/mol. The number of rotatable bonds is 3. The highest BCUT2D eigenvalue weighted by Gasteiger charge is 2.27. The maximum Gasteiger partial charge on any atom is 0.268 e. The van der Waals surface area contributed by atoms with Gasteiger partial charge in [-0.25, -0.2) is 4.98 Å². The van der Waals surface area contributed by atoms with Crippen LogP contribution in [-0.4, -0.2) is 21.9 Å². The number of carbonyl (C=O) groups excluding carboxylic acids is 1. The molecule has 3 N–H and O–H groups in total. The van der Waals surface area contributed by atoms with Gasteiger partial charge in [-0.1, -0.05) is 26.7 Å². The van der Waals surface area contributed by atoms with E-state index in [1.165, 1.54) is 19.0 Å². The van der Waals surface area contributed by atoms with Gasteiger partial charge in [-0.15, -0.1) is 0 Å². The standard InChI is InChI=1S/C13H20N4O/c1-8-4-3-5-10(9(8)2)16-12-7-15-6-11(17-12)13(14)18/h6-10H,3-5H2,1-2H3,(H2,14,18)(H,16,17). The molecule has 0 radical (unpaired) electrons. The van der Waals surface area contributed by atoms with E-state index in [1.807, 2.05) is 0 Å². The van der Waals surface area contributed by atoms with Crippen LogP contribution in [0, 0.1) is 11.8 Å². The SMILES string of the molecule is CC1CCCC(Nc2cncc(C(N)=O)n2)C1C. The molecule has 1 heterocycles. The highest BCUT2D eigenvalue weighted by atomic mass is 16.1. The fourth-order valence-corrected chi connectivity index (χ4v) is 2.53. The molecule has 98 valence electrons. The highest BCUT2D eigenvalue weighted by molar-refractivity contribution is 5.90. The van der Waals surface area contributed by atoms with Crippen molar-refractivity contribution in [1.82, 2.24) is 9.97 Å². The highest BCUT2D eigenvalue weighted by Crippen LogP contribution is 2.31. The third-order valence-electron chi connectivity index (χ3n) is 3.93. The molecule has 5 heteroatoms. The van der Waals surface area contributed by atoms with E-state index in [0.29, 0.717) is 23.7 Å². The van der Waals surface area contributed by atoms with Crippen LogP contribution in [0.4, 0.5) is 5.82 Å². The molecule has 1 aliphatic carbocycles. The molecule has 1 aliphatic rings. The average Bonchev–Trinajstić information content (AvgIpc) is 2.35. The van der Waals surface area contributed by atoms with E-state index in [9.17, 15) is 4.79 Å². The van der Waals surface area contributed by atoms with E-state index in [1.54, 1.807) is 6.20 Å². The largest absolute Gasteiger partial charge is 0.366 e. The first-order valence-electron chi connectivity index (χ1n) is 6.46. The van der Waals surface area contributed by atoms with Crippen molar-refractivity contribution in [1.29, 1.82) is 0 Å². The molecule has 0 spiro atoms. The van der Waals surface area contributed by atoms with Crippen molar-refractivity contribution < 1.29 is 4.79 Å². The van der Waals surface area contributed by atoms with Crippen LogP contribution >= 0.6 is 0 Å². The van der Waals surface area contributed by atoms with Gasteiger partial charge in [-0.05, 0) is 18.3 Å². The summed E-state index contributed by atoms with van der Waals surface area (Å²) in [5, 5.41) is 3.37. The van der Waals surface area contributed by atoms with Crippen molar-refractivity contribution in [2.45, 2.75) is 39.2 Å². The Morgan fingerprint density at radius 2 is 2.17 bits per heavy atom. The maximum atomic E-state index is 11.1. The predicted molar refractivity (Wildman–Crippen MR) is 70.1 cm³/mol. The molecule has 5 nitrogen and oxygen atoms in total. The first kappa shape index (κ1) is 12.8. The Morgan fingerprint density at radius 3 is 2.89 bits per heavy atom. The van der Waals surface area contributed by atoms with Crippen LogP contribution in [0.15, 0.2) is 12.4 Å². The molecular formula is C13H20N4O. The fraction of sp³-hybridized carbons (Fsp3) is 0.615. The van der Waals surface area contributed by atoms with Gasteiger partial charge < -0.3 is 11.1 Å². The second kappa shape index (κ2) is 5.33. The summed E-state index contributed by atoms with van der Waals surface area (Å²) in [4.78, 5) is 19.2. The number of hydrogen-bond acceptors (Lipinski definition) is 4. The summed E-state index contributed by atoms with van der Waals surface area (Å²) in [6, 6.07) is 0.395. The number of aromatic nitrogens is 2. The Kier molecular flexibility index (Phi) is 3.79. The molecule has 1 saturated carbocycles. The van der Waals surface area contributed by atoms with Crippen molar-refractivity contribution in [2.75, 3.05) is 5.32 Å². The lowest BCUT2D eigenvalue weighted by atomic mass is 9.78. The van der Waals surface area contributed by atoms with Gasteiger partial charge in [0, 0.05) is 6.04 Å². The summed E-state index contributed by atoms with van der Waals surface area (Å²) >= 11 is 0. The minimum atomic E-state index is -0.545. The average molecular weight is 248 g/mol. The summed E-state index contributed by atoms with van der Waals surface area (Å²) in [7, 11) is 0. The van der Waals surface area contributed by atoms with Gasteiger partial charge in [-0.3, -0.25) is 9.78 Å². The second-order valence-corrected chi connectivity index (χ2v) is 5.17. The quantitative estimate of drug-likeness (QED) is 0.854. The van der Waals surface area contributed by atoms with Crippen LogP contribution in [-0.2, 0) is 0 Å². The number of nitrogens with one attached hydrogen (secondary N) is 1. The fourth-order valence-electron chi connectivity index (χ4n) is 2.53. The van der Waals surface area contributed by atoms with Crippen molar-refractivity contribution in [2.24, 2.45) is 17.6 Å². The number of nitrogens with two attached hydrogens (primary N) is 1. The number of nitrogens with zero attached hydrogens (tertiary/aromatic N) is 2. The molecule has 1 aromatic heterocycles. The van der Waals surface area contributed by atoms with Gasteiger partial charge in [0.15, 0.2) is 0 Å². The number of primary amides is 1. The minimum absolute atomic E-state index is 0.205. The Labute approximate surface area is 107 Å². The smallest absolute Gasteiger partial charge is 0.268 e. The summed E-state index contributed by atoms with van der Waals surface area (Å²) in [5.41, 5.74) is 5.40. The van der Waals surface area contributed by atoms with Crippen molar-refractivity contribution >= 4 is 11.7 Å². The Morgan fingerprint density at radius 1 is 1.39 bits per heavy atom. The lowest BCUT2D eigenvalue weighted by molar-refractivity contribution is 0.0995. The lowest BCUT2D eigenvalue weighted by Gasteiger charge is -2.34. The van der Waals surface area contributed by atoms with Gasteiger partial charge >= 0.3 is 0 Å². The first-order valence-corrected chi connectivity index (χ1v) is 6.46. The van der Waals surface area contributed by atoms with Crippen LogP contribution in [0.25, 0.3) is 0 Å². The molecule has 1 amide bonds. The molecule has 2 rings (SSSR count). The lowest BCUT2D eigenvalue weighted by Crippen LogP contribution is -2.35. The molecule has 0 bridgehead atoms. The van der Waals surface area contributed by atoms with Crippen LogP contribution in [0.5, 0.6) is 0 Å². The zero-order chi connectivity index (χ0) is 13.1.